The molecule has 2 saturated heterocycles. The molecule has 0 saturated carbocycles. The Bertz CT molecular complexity index is 2120. The minimum absolute atomic E-state index is 0.125. The molecule has 0 bridgehead atoms. The van der Waals surface area contributed by atoms with Crippen LogP contribution in [0, 0.1) is 23.2 Å². The van der Waals surface area contributed by atoms with Crippen LogP contribution in [0.2, 0.25) is 0 Å². The fourth-order valence-electron chi connectivity index (χ4n) is 6.62. The van der Waals surface area contributed by atoms with Gasteiger partial charge in [-0.05, 0) is 56.9 Å². The van der Waals surface area contributed by atoms with Crippen LogP contribution in [0.25, 0.3) is 16.6 Å². The maximum absolute atomic E-state index is 14.6. The maximum Gasteiger partial charge on any atom is 0.267 e. The third-order valence-corrected chi connectivity index (χ3v) is 10.0. The Kier molecular flexibility index (Phi) is 8.87. The van der Waals surface area contributed by atoms with Gasteiger partial charge in [-0.25, -0.2) is 19.9 Å². The molecule has 48 heavy (non-hydrogen) atoms. The number of nitriles is 1. The van der Waals surface area contributed by atoms with E-state index in [2.05, 4.69) is 56.5 Å². The molecule has 2 N–H and O–H groups in total. The van der Waals surface area contributed by atoms with Crippen LogP contribution in [-0.4, -0.2) is 73.1 Å². The molecule has 12 heteroatoms. The zero-order valence-corrected chi connectivity index (χ0v) is 27.8. The first-order chi connectivity index (χ1) is 23.4. The molecule has 2 aliphatic heterocycles. The Balaban J connectivity index is 1.25. The number of nitrogens with two attached hydrogens (primary N) is 1. The van der Waals surface area contributed by atoms with E-state index < -0.39 is 0 Å². The van der Waals surface area contributed by atoms with Gasteiger partial charge in [0.2, 0.25) is 0 Å². The molecule has 2 aromatic carbocycles. The van der Waals surface area contributed by atoms with Crippen LogP contribution in [0.1, 0.15) is 59.6 Å². The number of anilines is 2. The molecule has 0 amide bonds. The second-order valence-corrected chi connectivity index (χ2v) is 13.5. The van der Waals surface area contributed by atoms with E-state index in [9.17, 15) is 10.1 Å². The number of nitrogen functional groups attached to an aromatic ring is 1. The summed E-state index contributed by atoms with van der Waals surface area (Å²) >= 11 is 1.60. The summed E-state index contributed by atoms with van der Waals surface area (Å²) in [5.41, 5.74) is 7.92. The Labute approximate surface area is 283 Å². The number of hydrogen-bond donors (Lipinski definition) is 1. The van der Waals surface area contributed by atoms with Crippen molar-refractivity contribution in [3.8, 4) is 23.6 Å². The highest BCUT2D eigenvalue weighted by Crippen LogP contribution is 2.37. The maximum atomic E-state index is 14.6. The van der Waals surface area contributed by atoms with Crippen molar-refractivity contribution in [1.82, 2.24) is 34.3 Å². The van der Waals surface area contributed by atoms with Crippen LogP contribution in [0.5, 0.6) is 0 Å². The number of benzene rings is 2. The molecule has 2 aliphatic rings. The standard InChI is InChI=1S/C36H36N10OS/c1-24(2)44-18-16-43(17-19-44)22-27-21-39-31(48-27)14-13-25-8-6-11-29-32(25)36(47)46(26-9-4-3-5-10-26)35(42-29)30-12-7-15-45(30)34-28(20-37)33(38)40-23-41-34/h3-6,8-11,21,23-24,30H,7,12,15-19,22H2,1-2H3,(H2,38,40,41)/t30-/m0/s1. The Morgan fingerprint density at radius 1 is 1.00 bits per heavy atom. The van der Waals surface area contributed by atoms with Gasteiger partial charge in [0.15, 0.2) is 10.8 Å². The highest BCUT2D eigenvalue weighted by atomic mass is 32.1. The van der Waals surface area contributed by atoms with E-state index in [1.165, 1.54) is 11.2 Å². The number of rotatable bonds is 6. The third-order valence-electron chi connectivity index (χ3n) is 9.10. The Morgan fingerprint density at radius 2 is 1.81 bits per heavy atom. The van der Waals surface area contributed by atoms with Crippen molar-refractivity contribution in [3.63, 3.8) is 0 Å². The number of fused-ring (bicyclic) bond motifs is 1. The fourth-order valence-corrected chi connectivity index (χ4v) is 7.43. The largest absolute Gasteiger partial charge is 0.382 e. The number of piperazine rings is 1. The van der Waals surface area contributed by atoms with Crippen LogP contribution >= 0.6 is 11.3 Å². The summed E-state index contributed by atoms with van der Waals surface area (Å²) in [7, 11) is 0. The van der Waals surface area contributed by atoms with E-state index in [0.717, 1.165) is 50.6 Å². The van der Waals surface area contributed by atoms with Crippen LogP contribution in [-0.2, 0) is 6.54 Å². The van der Waals surface area contributed by atoms with Crippen LogP contribution < -0.4 is 16.2 Å². The zero-order chi connectivity index (χ0) is 33.2. The SMILES string of the molecule is CC(C)N1CCN(Cc2cnc(C#Cc3cccc4nc([C@@H]5CCCN5c5ncnc(N)c5C#N)n(-c5ccccc5)c(=O)c34)s2)CC1. The molecule has 0 aliphatic carbocycles. The van der Waals surface area contributed by atoms with Gasteiger partial charge in [0, 0.05) is 61.9 Å². The van der Waals surface area contributed by atoms with Crippen LogP contribution in [0.15, 0.2) is 65.8 Å². The lowest BCUT2D eigenvalue weighted by molar-refractivity contribution is 0.105. The molecular weight excluding hydrogens is 621 g/mol. The summed E-state index contributed by atoms with van der Waals surface area (Å²) in [5.74, 6) is 7.62. The smallest absolute Gasteiger partial charge is 0.267 e. The number of aromatic nitrogens is 5. The summed E-state index contributed by atoms with van der Waals surface area (Å²) in [4.78, 5) is 40.9. The Hall–Kier alpha value is -5.14. The summed E-state index contributed by atoms with van der Waals surface area (Å²) in [6.45, 7) is 10.2. The summed E-state index contributed by atoms with van der Waals surface area (Å²) in [6, 6.07) is 17.5. The molecule has 0 spiro atoms. The van der Waals surface area contributed by atoms with E-state index in [1.807, 2.05) is 59.6 Å². The lowest BCUT2D eigenvalue weighted by atomic mass is 10.1. The fraction of sp³-hybridized carbons (Fsp3) is 0.333. The zero-order valence-electron chi connectivity index (χ0n) is 27.0. The van der Waals surface area contributed by atoms with Gasteiger partial charge in [-0.15, -0.1) is 11.3 Å². The van der Waals surface area contributed by atoms with E-state index in [0.29, 0.717) is 46.4 Å². The molecule has 0 unspecified atom stereocenters. The first-order valence-corrected chi connectivity index (χ1v) is 17.0. The average molecular weight is 657 g/mol. The molecular formula is C36H36N10OS. The van der Waals surface area contributed by atoms with Gasteiger partial charge in [-0.3, -0.25) is 19.2 Å². The van der Waals surface area contributed by atoms with Crippen molar-refractivity contribution in [2.24, 2.45) is 0 Å². The first-order valence-electron chi connectivity index (χ1n) is 16.2. The molecule has 7 rings (SSSR count). The van der Waals surface area contributed by atoms with Crippen molar-refractivity contribution >= 4 is 33.9 Å². The highest BCUT2D eigenvalue weighted by Gasteiger charge is 2.34. The topological polar surface area (TPSA) is 133 Å². The van der Waals surface area contributed by atoms with Crippen molar-refractivity contribution in [2.75, 3.05) is 43.4 Å². The van der Waals surface area contributed by atoms with Crippen molar-refractivity contribution < 1.29 is 0 Å². The molecule has 1 atom stereocenters. The number of hydrogen-bond acceptors (Lipinski definition) is 11. The van der Waals surface area contributed by atoms with Gasteiger partial charge in [0.1, 0.15) is 29.6 Å². The molecule has 11 nitrogen and oxygen atoms in total. The predicted octanol–water partition coefficient (Wildman–Crippen LogP) is 4.35. The van der Waals surface area contributed by atoms with Gasteiger partial charge in [-0.2, -0.15) is 5.26 Å². The van der Waals surface area contributed by atoms with E-state index in [-0.39, 0.29) is 23.0 Å². The normalized spacial score (nSPS) is 17.0. The minimum Gasteiger partial charge on any atom is -0.382 e. The molecule has 242 valence electrons. The van der Waals surface area contributed by atoms with E-state index >= 15 is 0 Å². The van der Waals surface area contributed by atoms with Gasteiger partial charge in [0.25, 0.3) is 5.56 Å². The molecule has 0 radical (unpaired) electrons. The number of para-hydroxylation sites is 1. The van der Waals surface area contributed by atoms with Crippen LogP contribution in [0.4, 0.5) is 11.6 Å². The van der Waals surface area contributed by atoms with E-state index in [1.54, 1.807) is 15.9 Å². The van der Waals surface area contributed by atoms with E-state index in [4.69, 9.17) is 10.7 Å². The third kappa shape index (κ3) is 6.14. The summed E-state index contributed by atoms with van der Waals surface area (Å²) in [6.07, 6.45) is 4.83. The minimum atomic E-state index is -0.319. The van der Waals surface area contributed by atoms with Crippen LogP contribution in [0.3, 0.4) is 0 Å². The summed E-state index contributed by atoms with van der Waals surface area (Å²) < 4.78 is 1.67. The monoisotopic (exact) mass is 656 g/mol. The van der Waals surface area contributed by atoms with Gasteiger partial charge < -0.3 is 10.6 Å². The lowest BCUT2D eigenvalue weighted by Gasteiger charge is -2.36. The molecule has 5 heterocycles. The first kappa shape index (κ1) is 31.5. The Morgan fingerprint density at radius 3 is 2.58 bits per heavy atom. The van der Waals surface area contributed by atoms with Gasteiger partial charge >= 0.3 is 0 Å². The second kappa shape index (κ2) is 13.5. The molecule has 2 fully saturated rings. The second-order valence-electron chi connectivity index (χ2n) is 12.4. The molecule has 5 aromatic rings. The highest BCUT2D eigenvalue weighted by molar-refractivity contribution is 7.12. The van der Waals surface area contributed by atoms with Crippen molar-refractivity contribution in [2.45, 2.75) is 45.3 Å². The lowest BCUT2D eigenvalue weighted by Crippen LogP contribution is -2.48. The average Bonchev–Trinajstić information content (AvgIpc) is 3.77. The van der Waals surface area contributed by atoms with Gasteiger partial charge in [-0.1, -0.05) is 30.2 Å². The predicted molar refractivity (Wildman–Crippen MR) is 188 cm³/mol. The van der Waals surface area contributed by atoms with Crippen molar-refractivity contribution in [1.29, 1.82) is 5.26 Å². The molecule has 3 aromatic heterocycles. The number of nitrogens with zero attached hydrogens (tertiary/aromatic N) is 9. The quantitative estimate of drug-likeness (QED) is 0.263. The number of thiazole rings is 1. The van der Waals surface area contributed by atoms with Crippen molar-refractivity contribution in [3.05, 3.63) is 98.2 Å². The summed E-state index contributed by atoms with van der Waals surface area (Å²) in [5, 5.41) is 11.0. The van der Waals surface area contributed by atoms with Gasteiger partial charge in [0.05, 0.1) is 22.6 Å².